The lowest BCUT2D eigenvalue weighted by Crippen LogP contribution is -1.87. The van der Waals surface area contributed by atoms with Crippen LogP contribution in [-0.4, -0.2) is 12.4 Å². The summed E-state index contributed by atoms with van der Waals surface area (Å²) in [6.07, 6.45) is 0. The molecule has 0 atom stereocenters. The van der Waals surface area contributed by atoms with Gasteiger partial charge in [0.25, 0.3) is 6.54 Å². The lowest BCUT2D eigenvalue weighted by atomic mass is 10.8. The molecule has 0 rings (SSSR count). The minimum atomic E-state index is 0.224. The Kier molecular flexibility index (Phi) is 3.80. The largest absolute Gasteiger partial charge is 0.305 e. The number of halogens is 1. The minimum absolute atomic E-state index is 0.224. The fourth-order valence-electron chi connectivity index (χ4n) is 0.0345. The zero-order valence-electron chi connectivity index (χ0n) is 2.65. The van der Waals surface area contributed by atoms with E-state index in [2.05, 4.69) is 5.18 Å². The van der Waals surface area contributed by atoms with E-state index in [1.165, 1.54) is 0 Å². The molecular weight excluding hydrogens is 89.5 g/mol. The highest BCUT2D eigenvalue weighted by molar-refractivity contribution is 6.18. The van der Waals surface area contributed by atoms with Crippen molar-refractivity contribution in [2.45, 2.75) is 0 Å². The van der Waals surface area contributed by atoms with Crippen molar-refractivity contribution in [3.8, 4) is 0 Å². The van der Waals surface area contributed by atoms with Crippen LogP contribution < -0.4 is 5.18 Å². The van der Waals surface area contributed by atoms with Gasteiger partial charge in [0, 0.05) is 0 Å². The summed E-state index contributed by atoms with van der Waals surface area (Å²) in [5.41, 5.74) is 0. The van der Waals surface area contributed by atoms with E-state index < -0.39 is 0 Å². The molecular formula is C2H4ClNO+. The van der Waals surface area contributed by atoms with Gasteiger partial charge in [-0.05, 0) is 0 Å². The van der Waals surface area contributed by atoms with Gasteiger partial charge < -0.3 is 0 Å². The van der Waals surface area contributed by atoms with E-state index >= 15 is 0 Å². The number of alkyl halides is 1. The first-order chi connectivity index (χ1) is 2.41. The molecule has 1 radical (unpaired) electrons. The zero-order chi connectivity index (χ0) is 4.12. The molecule has 0 aromatic rings. The summed E-state index contributed by atoms with van der Waals surface area (Å²) in [6.45, 7) is 0.224. The van der Waals surface area contributed by atoms with Crippen LogP contribution in [0.5, 0.6) is 0 Å². The summed E-state index contributed by atoms with van der Waals surface area (Å²) in [5.74, 6) is 0.337. The molecule has 0 aliphatic carbocycles. The molecule has 0 fully saturated rings. The SMILES string of the molecule is O=[N+]CCCl. The fraction of sp³-hybridized carbons (Fsp3) is 1.00. The van der Waals surface area contributed by atoms with Gasteiger partial charge in [-0.15, -0.1) is 11.6 Å². The standard InChI is InChI=1S/C2H4ClNO/c3-1-2-4-5/h1-2H2/q+1. The average molecular weight is 93.5 g/mol. The molecule has 0 aromatic heterocycles. The maximum Gasteiger partial charge on any atom is 0.305 e. The van der Waals surface area contributed by atoms with Crippen molar-refractivity contribution in [3.63, 3.8) is 0 Å². The molecule has 0 heterocycles. The summed E-state index contributed by atoms with van der Waals surface area (Å²) < 4.78 is 0. The van der Waals surface area contributed by atoms with Crippen molar-refractivity contribution >= 4 is 11.6 Å². The Morgan fingerprint density at radius 2 is 2.40 bits per heavy atom. The van der Waals surface area contributed by atoms with E-state index in [-0.39, 0.29) is 6.54 Å². The number of nitroso groups, excluding NO2 is 1. The molecule has 0 amide bonds. The first-order valence-electron chi connectivity index (χ1n) is 1.27. The maximum absolute atomic E-state index is 9.07. The Hall–Kier alpha value is -0.110. The van der Waals surface area contributed by atoms with Crippen LogP contribution in [0.4, 0.5) is 0 Å². The number of nitrogens with zero attached hydrogens (tertiary/aromatic N) is 1. The summed E-state index contributed by atoms with van der Waals surface area (Å²) in [7, 11) is 0. The van der Waals surface area contributed by atoms with Gasteiger partial charge in [-0.1, -0.05) is 0 Å². The third-order valence-corrected chi connectivity index (χ3v) is 0.345. The number of hydrogen-bond donors (Lipinski definition) is 0. The van der Waals surface area contributed by atoms with Crippen LogP contribution in [0, 0.1) is 4.91 Å². The Balaban J connectivity index is 2.40. The third-order valence-electron chi connectivity index (χ3n) is 0.176. The topological polar surface area (TPSA) is 31.2 Å². The zero-order valence-corrected chi connectivity index (χ0v) is 3.40. The molecule has 0 aromatic carbocycles. The second kappa shape index (κ2) is 3.89. The Morgan fingerprint density at radius 3 is 2.40 bits per heavy atom. The maximum atomic E-state index is 9.07. The van der Waals surface area contributed by atoms with Crippen LogP contribution in [0.3, 0.4) is 0 Å². The summed E-state index contributed by atoms with van der Waals surface area (Å²) in [6, 6.07) is 0. The van der Waals surface area contributed by atoms with Gasteiger partial charge >= 0.3 is 5.18 Å². The van der Waals surface area contributed by atoms with Gasteiger partial charge in [-0.25, -0.2) is 0 Å². The van der Waals surface area contributed by atoms with E-state index in [0.717, 1.165) is 0 Å². The van der Waals surface area contributed by atoms with Gasteiger partial charge in [0.05, 0.1) is 10.8 Å². The second-order valence-electron chi connectivity index (χ2n) is 0.542. The molecule has 0 unspecified atom stereocenters. The summed E-state index contributed by atoms with van der Waals surface area (Å²) in [5, 5.41) is 2.47. The smallest absolute Gasteiger partial charge is 0.119 e. The predicted octanol–water partition coefficient (Wildman–Crippen LogP) is 0.327. The molecule has 5 heavy (non-hydrogen) atoms. The predicted molar refractivity (Wildman–Crippen MR) is 21.1 cm³/mol. The Morgan fingerprint density at radius 1 is 1.80 bits per heavy atom. The molecule has 0 N–H and O–H groups in total. The highest BCUT2D eigenvalue weighted by Gasteiger charge is 1.86. The molecule has 0 aliphatic rings. The van der Waals surface area contributed by atoms with E-state index in [1.54, 1.807) is 0 Å². The van der Waals surface area contributed by atoms with Gasteiger partial charge in [-0.2, -0.15) is 0 Å². The Labute approximate surface area is 35.1 Å². The molecule has 0 saturated carbocycles. The number of hydrogen-bond acceptors (Lipinski definition) is 2. The van der Waals surface area contributed by atoms with E-state index in [9.17, 15) is 0 Å². The van der Waals surface area contributed by atoms with Crippen molar-refractivity contribution < 1.29 is 0 Å². The number of rotatable bonds is 2. The highest BCUT2D eigenvalue weighted by Crippen LogP contribution is 1.64. The van der Waals surface area contributed by atoms with Crippen molar-refractivity contribution in [1.82, 2.24) is 5.18 Å². The third kappa shape index (κ3) is 3.89. The van der Waals surface area contributed by atoms with Crippen LogP contribution in [0.1, 0.15) is 0 Å². The van der Waals surface area contributed by atoms with Gasteiger partial charge in [0.1, 0.15) is 0 Å². The van der Waals surface area contributed by atoms with Crippen LogP contribution in [0.2, 0.25) is 0 Å². The molecule has 0 aliphatic heterocycles. The molecule has 29 valence electrons. The van der Waals surface area contributed by atoms with Crippen molar-refractivity contribution in [3.05, 3.63) is 4.91 Å². The van der Waals surface area contributed by atoms with Crippen molar-refractivity contribution in [2.24, 2.45) is 0 Å². The van der Waals surface area contributed by atoms with Crippen LogP contribution in [0.15, 0.2) is 0 Å². The quantitative estimate of drug-likeness (QED) is 0.453. The van der Waals surface area contributed by atoms with Crippen LogP contribution in [0.25, 0.3) is 0 Å². The second-order valence-corrected chi connectivity index (χ2v) is 0.920. The minimum Gasteiger partial charge on any atom is -0.119 e. The normalized spacial score (nSPS) is 7.40. The molecule has 2 nitrogen and oxygen atoms in total. The first-order valence-corrected chi connectivity index (χ1v) is 1.80. The summed E-state index contributed by atoms with van der Waals surface area (Å²) >= 11 is 5.01. The molecule has 3 heteroatoms. The molecule has 0 bridgehead atoms. The van der Waals surface area contributed by atoms with Crippen LogP contribution in [-0.2, 0) is 0 Å². The fourth-order valence-corrected chi connectivity index (χ4v) is 0.104. The van der Waals surface area contributed by atoms with Crippen LogP contribution >= 0.6 is 11.6 Å². The highest BCUT2D eigenvalue weighted by atomic mass is 35.5. The Bertz CT molecular complexity index is 30.8. The van der Waals surface area contributed by atoms with Gasteiger partial charge in [-0.3, -0.25) is 0 Å². The van der Waals surface area contributed by atoms with E-state index in [4.69, 9.17) is 16.5 Å². The monoisotopic (exact) mass is 93.0 g/mol. The average Bonchev–Trinajstić information content (AvgIpc) is 1.41. The van der Waals surface area contributed by atoms with Gasteiger partial charge in [0.2, 0.25) is 0 Å². The first kappa shape index (κ1) is 4.89. The molecule has 0 spiro atoms. The molecule has 0 saturated heterocycles. The lowest BCUT2D eigenvalue weighted by molar-refractivity contribution is 1.01. The van der Waals surface area contributed by atoms with E-state index in [1.807, 2.05) is 0 Å². The van der Waals surface area contributed by atoms with Gasteiger partial charge in [0.15, 0.2) is 0 Å². The lowest BCUT2D eigenvalue weighted by Gasteiger charge is -1.51. The van der Waals surface area contributed by atoms with Crippen molar-refractivity contribution in [1.29, 1.82) is 0 Å². The summed E-state index contributed by atoms with van der Waals surface area (Å²) in [4.78, 5) is 9.07. The van der Waals surface area contributed by atoms with E-state index in [0.29, 0.717) is 5.88 Å². The van der Waals surface area contributed by atoms with Crippen molar-refractivity contribution in [2.75, 3.05) is 12.4 Å².